The highest BCUT2D eigenvalue weighted by Gasteiger charge is 2.33. The van der Waals surface area contributed by atoms with E-state index in [1.54, 1.807) is 13.1 Å². The number of likely N-dealkylation sites (N-methyl/N-ethyl adjacent to an activating group) is 1. The molecular formula is C12H15ClN2O2. The molecular weight excluding hydrogens is 240 g/mol. The van der Waals surface area contributed by atoms with E-state index < -0.39 is 6.10 Å². The van der Waals surface area contributed by atoms with Crippen molar-refractivity contribution in [2.24, 2.45) is 5.92 Å². The third-order valence-corrected chi connectivity index (χ3v) is 2.88. The number of pyridine rings is 1. The molecule has 1 atom stereocenters. The summed E-state index contributed by atoms with van der Waals surface area (Å²) in [5.41, 5.74) is 0. The molecule has 5 heteroatoms. The molecule has 1 aromatic rings. The smallest absolute Gasteiger partial charge is 0.269 e. The molecule has 0 saturated carbocycles. The standard InChI is InChI=1S/C12H15ClN2O2/c1-7(2)4-10-12(16)15(3)11-9(17-10)5-8(13)6-14-11/h5-7,10H,4H2,1-3H3. The van der Waals surface area contributed by atoms with Crippen molar-refractivity contribution in [1.29, 1.82) is 0 Å². The van der Waals surface area contributed by atoms with Crippen LogP contribution < -0.4 is 9.64 Å². The number of anilines is 1. The van der Waals surface area contributed by atoms with Gasteiger partial charge in [0.15, 0.2) is 17.7 Å². The molecule has 17 heavy (non-hydrogen) atoms. The van der Waals surface area contributed by atoms with E-state index in [4.69, 9.17) is 16.3 Å². The first kappa shape index (κ1) is 12.2. The molecule has 1 aliphatic heterocycles. The van der Waals surface area contributed by atoms with Gasteiger partial charge in [-0.15, -0.1) is 0 Å². The molecule has 0 aromatic carbocycles. The first-order chi connectivity index (χ1) is 7.99. The van der Waals surface area contributed by atoms with Gasteiger partial charge >= 0.3 is 0 Å². The number of carbonyl (C=O) groups is 1. The van der Waals surface area contributed by atoms with Crippen LogP contribution in [0.25, 0.3) is 0 Å². The van der Waals surface area contributed by atoms with Crippen LogP contribution in [-0.2, 0) is 4.79 Å². The number of amides is 1. The summed E-state index contributed by atoms with van der Waals surface area (Å²) in [4.78, 5) is 17.7. The zero-order valence-corrected chi connectivity index (χ0v) is 10.9. The molecule has 0 aliphatic carbocycles. The van der Waals surface area contributed by atoms with Crippen LogP contribution in [0.3, 0.4) is 0 Å². The van der Waals surface area contributed by atoms with Crippen molar-refractivity contribution in [3.63, 3.8) is 0 Å². The third-order valence-electron chi connectivity index (χ3n) is 2.68. The number of ether oxygens (including phenoxy) is 1. The van der Waals surface area contributed by atoms with Crippen molar-refractivity contribution in [2.75, 3.05) is 11.9 Å². The number of fused-ring (bicyclic) bond motifs is 1. The van der Waals surface area contributed by atoms with Crippen LogP contribution in [0.1, 0.15) is 20.3 Å². The molecule has 0 saturated heterocycles. The molecule has 0 fully saturated rings. The molecule has 1 aliphatic rings. The van der Waals surface area contributed by atoms with Crippen molar-refractivity contribution in [1.82, 2.24) is 4.98 Å². The lowest BCUT2D eigenvalue weighted by molar-refractivity contribution is -0.126. The summed E-state index contributed by atoms with van der Waals surface area (Å²) in [5, 5.41) is 0.509. The van der Waals surface area contributed by atoms with Gasteiger partial charge in [0.1, 0.15) is 0 Å². The van der Waals surface area contributed by atoms with Gasteiger partial charge in [0.05, 0.1) is 5.02 Å². The highest BCUT2D eigenvalue weighted by atomic mass is 35.5. The van der Waals surface area contributed by atoms with Gasteiger partial charge in [-0.05, 0) is 12.3 Å². The molecule has 4 nitrogen and oxygen atoms in total. The Morgan fingerprint density at radius 3 is 2.94 bits per heavy atom. The van der Waals surface area contributed by atoms with Crippen molar-refractivity contribution in [3.05, 3.63) is 17.3 Å². The van der Waals surface area contributed by atoms with Crippen molar-refractivity contribution < 1.29 is 9.53 Å². The maximum absolute atomic E-state index is 12.0. The van der Waals surface area contributed by atoms with Gasteiger partial charge in [-0.3, -0.25) is 9.69 Å². The van der Waals surface area contributed by atoms with E-state index in [-0.39, 0.29) is 5.91 Å². The molecule has 2 heterocycles. The van der Waals surface area contributed by atoms with Crippen molar-refractivity contribution >= 4 is 23.3 Å². The minimum atomic E-state index is -0.437. The lowest BCUT2D eigenvalue weighted by Crippen LogP contribution is -2.44. The highest BCUT2D eigenvalue weighted by molar-refractivity contribution is 6.30. The number of hydrogen-bond donors (Lipinski definition) is 0. The van der Waals surface area contributed by atoms with Gasteiger partial charge in [-0.1, -0.05) is 25.4 Å². The van der Waals surface area contributed by atoms with E-state index >= 15 is 0 Å². The number of hydrogen-bond acceptors (Lipinski definition) is 3. The number of carbonyl (C=O) groups excluding carboxylic acids is 1. The molecule has 1 aromatic heterocycles. The van der Waals surface area contributed by atoms with Gasteiger partial charge in [-0.2, -0.15) is 0 Å². The fraction of sp³-hybridized carbons (Fsp3) is 0.500. The van der Waals surface area contributed by atoms with Crippen LogP contribution in [0.2, 0.25) is 5.02 Å². The maximum Gasteiger partial charge on any atom is 0.269 e. The Bertz CT molecular complexity index is 448. The Balaban J connectivity index is 2.32. The summed E-state index contributed by atoms with van der Waals surface area (Å²) in [5.74, 6) is 1.44. The summed E-state index contributed by atoms with van der Waals surface area (Å²) < 4.78 is 5.67. The second-order valence-electron chi connectivity index (χ2n) is 4.61. The minimum Gasteiger partial charge on any atom is -0.477 e. The summed E-state index contributed by atoms with van der Waals surface area (Å²) in [6, 6.07) is 1.69. The van der Waals surface area contributed by atoms with Crippen LogP contribution in [0.15, 0.2) is 12.3 Å². The van der Waals surface area contributed by atoms with E-state index in [1.165, 1.54) is 11.1 Å². The van der Waals surface area contributed by atoms with Gasteiger partial charge in [0.2, 0.25) is 0 Å². The lowest BCUT2D eigenvalue weighted by atomic mass is 10.0. The normalized spacial score (nSPS) is 19.2. The largest absolute Gasteiger partial charge is 0.477 e. The monoisotopic (exact) mass is 254 g/mol. The van der Waals surface area contributed by atoms with Crippen LogP contribution in [0.4, 0.5) is 5.82 Å². The first-order valence-electron chi connectivity index (χ1n) is 5.59. The molecule has 92 valence electrons. The Hall–Kier alpha value is -1.29. The van der Waals surface area contributed by atoms with Crippen LogP contribution >= 0.6 is 11.6 Å². The third kappa shape index (κ3) is 2.36. The minimum absolute atomic E-state index is 0.0546. The van der Waals surface area contributed by atoms with E-state index in [0.29, 0.717) is 28.9 Å². The summed E-state index contributed by atoms with van der Waals surface area (Å²) in [6.45, 7) is 4.12. The second kappa shape index (κ2) is 4.53. The van der Waals surface area contributed by atoms with Crippen LogP contribution in [0, 0.1) is 5.92 Å². The molecule has 0 spiro atoms. The van der Waals surface area contributed by atoms with Crippen molar-refractivity contribution in [3.8, 4) is 5.75 Å². The average Bonchev–Trinajstić information content (AvgIpc) is 2.24. The van der Waals surface area contributed by atoms with E-state index in [2.05, 4.69) is 18.8 Å². The zero-order chi connectivity index (χ0) is 12.6. The van der Waals surface area contributed by atoms with E-state index in [1.807, 2.05) is 0 Å². The van der Waals surface area contributed by atoms with Gasteiger partial charge in [-0.25, -0.2) is 4.98 Å². The Labute approximate surface area is 106 Å². The number of halogens is 1. The fourth-order valence-corrected chi connectivity index (χ4v) is 2.00. The molecule has 0 bridgehead atoms. The Morgan fingerprint density at radius 1 is 1.59 bits per heavy atom. The fourth-order valence-electron chi connectivity index (χ4n) is 1.85. The topological polar surface area (TPSA) is 42.4 Å². The van der Waals surface area contributed by atoms with Crippen LogP contribution in [0.5, 0.6) is 5.75 Å². The molecule has 2 rings (SSSR count). The van der Waals surface area contributed by atoms with E-state index in [9.17, 15) is 4.79 Å². The number of aromatic nitrogens is 1. The average molecular weight is 255 g/mol. The Kier molecular flexibility index (Phi) is 3.24. The Morgan fingerprint density at radius 2 is 2.29 bits per heavy atom. The van der Waals surface area contributed by atoms with Crippen molar-refractivity contribution in [2.45, 2.75) is 26.4 Å². The van der Waals surface area contributed by atoms with Gasteiger partial charge in [0.25, 0.3) is 5.91 Å². The number of nitrogens with zero attached hydrogens (tertiary/aromatic N) is 2. The SMILES string of the molecule is CC(C)CC1Oc2cc(Cl)cnc2N(C)C1=O. The first-order valence-corrected chi connectivity index (χ1v) is 5.96. The predicted molar refractivity (Wildman–Crippen MR) is 66.5 cm³/mol. The summed E-state index contributed by atoms with van der Waals surface area (Å²) >= 11 is 5.87. The maximum atomic E-state index is 12.0. The zero-order valence-electron chi connectivity index (χ0n) is 10.1. The second-order valence-corrected chi connectivity index (χ2v) is 5.05. The van der Waals surface area contributed by atoms with E-state index in [0.717, 1.165) is 0 Å². The van der Waals surface area contributed by atoms with Crippen LogP contribution in [-0.4, -0.2) is 24.0 Å². The molecule has 1 unspecified atom stereocenters. The molecule has 1 amide bonds. The summed E-state index contributed by atoms with van der Waals surface area (Å²) in [7, 11) is 1.71. The van der Waals surface area contributed by atoms with Gasteiger partial charge in [0, 0.05) is 19.3 Å². The van der Waals surface area contributed by atoms with Gasteiger partial charge < -0.3 is 4.74 Å². The quantitative estimate of drug-likeness (QED) is 0.814. The molecule has 0 radical (unpaired) electrons. The summed E-state index contributed by atoms with van der Waals surface area (Å²) in [6.07, 6.45) is 1.76. The molecule has 0 N–H and O–H groups in total. The predicted octanol–water partition coefficient (Wildman–Crippen LogP) is 2.50. The lowest BCUT2D eigenvalue weighted by Gasteiger charge is -2.31. The highest BCUT2D eigenvalue weighted by Crippen LogP contribution is 2.34. The number of rotatable bonds is 2.